The van der Waals surface area contributed by atoms with Crippen LogP contribution in [0.2, 0.25) is 0 Å². The fraction of sp³-hybridized carbons (Fsp3) is 0.733. The molecule has 20 heavy (non-hydrogen) atoms. The SMILES string of the molecule is CC(C)NCc1cnc(N(C)CC2CCCCO2)nc1. The van der Waals surface area contributed by atoms with E-state index in [1.54, 1.807) is 0 Å². The number of rotatable bonds is 6. The van der Waals surface area contributed by atoms with Crippen LogP contribution in [0, 0.1) is 0 Å². The number of nitrogens with one attached hydrogen (secondary N) is 1. The first-order valence-corrected chi connectivity index (χ1v) is 7.52. The van der Waals surface area contributed by atoms with Gasteiger partial charge in [-0.15, -0.1) is 0 Å². The summed E-state index contributed by atoms with van der Waals surface area (Å²) < 4.78 is 5.75. The third-order valence-electron chi connectivity index (χ3n) is 3.50. The standard InChI is InChI=1S/C15H26N4O/c1-12(2)16-8-13-9-17-15(18-10-13)19(3)11-14-6-4-5-7-20-14/h9-10,12,14,16H,4-8,11H2,1-3H3. The second-order valence-corrected chi connectivity index (χ2v) is 5.80. The van der Waals surface area contributed by atoms with E-state index in [1.165, 1.54) is 12.8 Å². The fourth-order valence-corrected chi connectivity index (χ4v) is 2.30. The van der Waals surface area contributed by atoms with Gasteiger partial charge in [-0.2, -0.15) is 0 Å². The van der Waals surface area contributed by atoms with Crippen LogP contribution in [0.1, 0.15) is 38.7 Å². The third kappa shape index (κ3) is 4.72. The predicted octanol–water partition coefficient (Wildman–Crippen LogP) is 1.98. The van der Waals surface area contributed by atoms with Gasteiger partial charge in [0.15, 0.2) is 0 Å². The number of likely N-dealkylation sites (N-methyl/N-ethyl adjacent to an activating group) is 1. The number of aromatic nitrogens is 2. The molecule has 1 atom stereocenters. The number of hydrogen-bond acceptors (Lipinski definition) is 5. The smallest absolute Gasteiger partial charge is 0.225 e. The lowest BCUT2D eigenvalue weighted by molar-refractivity contribution is 0.0214. The molecule has 0 saturated carbocycles. The Morgan fingerprint density at radius 3 is 2.70 bits per heavy atom. The molecule has 112 valence electrons. The van der Waals surface area contributed by atoms with E-state index in [9.17, 15) is 0 Å². The monoisotopic (exact) mass is 278 g/mol. The van der Waals surface area contributed by atoms with Crippen LogP contribution < -0.4 is 10.2 Å². The van der Waals surface area contributed by atoms with Crippen molar-refractivity contribution in [3.63, 3.8) is 0 Å². The molecule has 0 aromatic carbocycles. The molecule has 5 nitrogen and oxygen atoms in total. The lowest BCUT2D eigenvalue weighted by Gasteiger charge is -2.27. The second-order valence-electron chi connectivity index (χ2n) is 5.80. The molecule has 0 spiro atoms. The number of ether oxygens (including phenoxy) is 1. The van der Waals surface area contributed by atoms with Crippen LogP contribution in [0.5, 0.6) is 0 Å². The Morgan fingerprint density at radius 2 is 2.10 bits per heavy atom. The van der Waals surface area contributed by atoms with E-state index in [4.69, 9.17) is 4.74 Å². The van der Waals surface area contributed by atoms with Crippen molar-refractivity contribution in [3.05, 3.63) is 18.0 Å². The Hall–Kier alpha value is -1.20. The fourth-order valence-electron chi connectivity index (χ4n) is 2.30. The van der Waals surface area contributed by atoms with E-state index in [0.29, 0.717) is 12.1 Å². The van der Waals surface area contributed by atoms with Gasteiger partial charge in [0, 0.05) is 50.7 Å². The summed E-state index contributed by atoms with van der Waals surface area (Å²) in [6.45, 7) is 6.83. The molecule has 0 bridgehead atoms. The summed E-state index contributed by atoms with van der Waals surface area (Å²) in [5.41, 5.74) is 1.12. The van der Waals surface area contributed by atoms with E-state index >= 15 is 0 Å². The Labute approximate surface area is 121 Å². The van der Waals surface area contributed by atoms with Crippen molar-refractivity contribution in [1.29, 1.82) is 0 Å². The number of hydrogen-bond donors (Lipinski definition) is 1. The van der Waals surface area contributed by atoms with Crippen LogP contribution in [0.15, 0.2) is 12.4 Å². The van der Waals surface area contributed by atoms with Gasteiger partial charge < -0.3 is 15.0 Å². The lowest BCUT2D eigenvalue weighted by atomic mass is 10.1. The highest BCUT2D eigenvalue weighted by Crippen LogP contribution is 2.15. The summed E-state index contributed by atoms with van der Waals surface area (Å²) in [7, 11) is 2.03. The molecule has 1 aromatic rings. The van der Waals surface area contributed by atoms with Crippen LogP contribution in [0.3, 0.4) is 0 Å². The molecule has 0 aliphatic carbocycles. The average molecular weight is 278 g/mol. The molecule has 1 aliphatic heterocycles. The third-order valence-corrected chi connectivity index (χ3v) is 3.50. The van der Waals surface area contributed by atoms with Gasteiger partial charge in [-0.25, -0.2) is 9.97 Å². The second kappa shape index (κ2) is 7.55. The molecule has 1 unspecified atom stereocenters. The summed E-state index contributed by atoms with van der Waals surface area (Å²) >= 11 is 0. The zero-order valence-corrected chi connectivity index (χ0v) is 12.8. The van der Waals surface area contributed by atoms with E-state index in [0.717, 1.165) is 37.6 Å². The highest BCUT2D eigenvalue weighted by molar-refractivity contribution is 5.28. The minimum absolute atomic E-state index is 0.319. The van der Waals surface area contributed by atoms with Crippen molar-refractivity contribution in [2.24, 2.45) is 0 Å². The van der Waals surface area contributed by atoms with Crippen LogP contribution in [-0.4, -0.2) is 42.3 Å². The largest absolute Gasteiger partial charge is 0.376 e. The van der Waals surface area contributed by atoms with E-state index in [2.05, 4.69) is 34.0 Å². The molecule has 1 aromatic heterocycles. The summed E-state index contributed by atoms with van der Waals surface area (Å²) in [5.74, 6) is 0.771. The van der Waals surface area contributed by atoms with Gasteiger partial charge in [0.05, 0.1) is 6.10 Å². The molecule has 0 radical (unpaired) electrons. The molecule has 5 heteroatoms. The first kappa shape index (κ1) is 15.2. The molecule has 1 fully saturated rings. The van der Waals surface area contributed by atoms with E-state index in [-0.39, 0.29) is 0 Å². The maximum atomic E-state index is 5.75. The van der Waals surface area contributed by atoms with Crippen LogP contribution >= 0.6 is 0 Å². The van der Waals surface area contributed by atoms with Crippen molar-refractivity contribution in [1.82, 2.24) is 15.3 Å². The zero-order valence-electron chi connectivity index (χ0n) is 12.8. The van der Waals surface area contributed by atoms with Crippen molar-refractivity contribution in [2.75, 3.05) is 25.1 Å². The zero-order chi connectivity index (χ0) is 14.4. The first-order valence-electron chi connectivity index (χ1n) is 7.52. The Kier molecular flexibility index (Phi) is 5.73. The highest BCUT2D eigenvalue weighted by atomic mass is 16.5. The molecule has 1 N–H and O–H groups in total. The topological polar surface area (TPSA) is 50.3 Å². The predicted molar refractivity (Wildman–Crippen MR) is 80.9 cm³/mol. The molecule has 1 aliphatic rings. The number of nitrogens with zero attached hydrogens (tertiary/aromatic N) is 3. The van der Waals surface area contributed by atoms with Gasteiger partial charge in [0.1, 0.15) is 0 Å². The average Bonchev–Trinajstić information content (AvgIpc) is 2.46. The normalized spacial score (nSPS) is 19.3. The summed E-state index contributed by atoms with van der Waals surface area (Å²) in [6, 6.07) is 0.473. The maximum Gasteiger partial charge on any atom is 0.225 e. The van der Waals surface area contributed by atoms with Gasteiger partial charge in [-0.1, -0.05) is 13.8 Å². The molecule has 2 rings (SSSR count). The summed E-state index contributed by atoms with van der Waals surface area (Å²) in [5, 5.41) is 3.36. The summed E-state index contributed by atoms with van der Waals surface area (Å²) in [6.07, 6.45) is 7.71. The minimum atomic E-state index is 0.319. The number of anilines is 1. The van der Waals surface area contributed by atoms with Gasteiger partial charge in [-0.3, -0.25) is 0 Å². The van der Waals surface area contributed by atoms with Gasteiger partial charge >= 0.3 is 0 Å². The van der Waals surface area contributed by atoms with Crippen LogP contribution in [-0.2, 0) is 11.3 Å². The summed E-state index contributed by atoms with van der Waals surface area (Å²) in [4.78, 5) is 11.0. The van der Waals surface area contributed by atoms with Crippen molar-refractivity contribution in [2.45, 2.75) is 51.8 Å². The van der Waals surface area contributed by atoms with E-state index in [1.807, 2.05) is 19.4 Å². The van der Waals surface area contributed by atoms with Crippen LogP contribution in [0.25, 0.3) is 0 Å². The van der Waals surface area contributed by atoms with Gasteiger partial charge in [0.2, 0.25) is 5.95 Å². The van der Waals surface area contributed by atoms with Crippen molar-refractivity contribution in [3.8, 4) is 0 Å². The highest BCUT2D eigenvalue weighted by Gasteiger charge is 2.17. The van der Waals surface area contributed by atoms with Gasteiger partial charge in [-0.05, 0) is 19.3 Å². The van der Waals surface area contributed by atoms with E-state index < -0.39 is 0 Å². The Balaban J connectivity index is 1.84. The first-order chi connectivity index (χ1) is 9.65. The molecule has 0 amide bonds. The Morgan fingerprint density at radius 1 is 1.35 bits per heavy atom. The molecule has 2 heterocycles. The van der Waals surface area contributed by atoms with Gasteiger partial charge in [0.25, 0.3) is 0 Å². The maximum absolute atomic E-state index is 5.75. The Bertz CT molecular complexity index is 387. The van der Waals surface area contributed by atoms with Crippen molar-refractivity contribution >= 4 is 5.95 Å². The van der Waals surface area contributed by atoms with Crippen molar-refractivity contribution < 1.29 is 4.74 Å². The molecular formula is C15H26N4O. The quantitative estimate of drug-likeness (QED) is 0.862. The lowest BCUT2D eigenvalue weighted by Crippen LogP contribution is -2.34. The van der Waals surface area contributed by atoms with Crippen LogP contribution in [0.4, 0.5) is 5.95 Å². The molecule has 1 saturated heterocycles. The minimum Gasteiger partial charge on any atom is -0.376 e. The molecular weight excluding hydrogens is 252 g/mol.